The molecule has 2 unspecified atom stereocenters. The van der Waals surface area contributed by atoms with Crippen LogP contribution < -0.4 is 5.32 Å². The Hall–Kier alpha value is -1.59. The number of carboxylic acids is 1. The van der Waals surface area contributed by atoms with E-state index in [-0.39, 0.29) is 24.4 Å². The van der Waals surface area contributed by atoms with Crippen molar-refractivity contribution in [1.29, 1.82) is 0 Å². The molecule has 0 aromatic rings. The molecule has 1 saturated carbocycles. The molecular formula is C17H28N2O4. The van der Waals surface area contributed by atoms with Crippen LogP contribution in [0, 0.1) is 5.92 Å². The van der Waals surface area contributed by atoms with E-state index in [0.717, 1.165) is 44.9 Å². The highest BCUT2D eigenvalue weighted by Crippen LogP contribution is 2.23. The predicted octanol–water partition coefficient (Wildman–Crippen LogP) is 1.93. The summed E-state index contributed by atoms with van der Waals surface area (Å²) in [5.41, 5.74) is 0. The first-order valence-electron chi connectivity index (χ1n) is 8.88. The molecule has 0 spiro atoms. The monoisotopic (exact) mass is 324 g/mol. The van der Waals surface area contributed by atoms with Crippen LogP contribution in [0.1, 0.15) is 64.2 Å². The first-order chi connectivity index (χ1) is 11.1. The molecule has 0 aromatic heterocycles. The van der Waals surface area contributed by atoms with Gasteiger partial charge < -0.3 is 15.3 Å². The minimum Gasteiger partial charge on any atom is -0.481 e. The number of rotatable bonds is 4. The summed E-state index contributed by atoms with van der Waals surface area (Å²) in [7, 11) is 0. The van der Waals surface area contributed by atoms with Gasteiger partial charge >= 0.3 is 5.97 Å². The highest BCUT2D eigenvalue weighted by Gasteiger charge is 2.30. The first-order valence-corrected chi connectivity index (χ1v) is 8.88. The summed E-state index contributed by atoms with van der Waals surface area (Å²) >= 11 is 0. The van der Waals surface area contributed by atoms with Gasteiger partial charge in [0.15, 0.2) is 0 Å². The Balaban J connectivity index is 1.92. The van der Waals surface area contributed by atoms with E-state index < -0.39 is 11.9 Å². The van der Waals surface area contributed by atoms with Crippen LogP contribution in [0.5, 0.6) is 0 Å². The van der Waals surface area contributed by atoms with Crippen LogP contribution in [0.2, 0.25) is 0 Å². The summed E-state index contributed by atoms with van der Waals surface area (Å²) in [5.74, 6) is -1.54. The van der Waals surface area contributed by atoms with E-state index in [1.54, 1.807) is 4.90 Å². The second-order valence-electron chi connectivity index (χ2n) is 6.74. The Morgan fingerprint density at radius 2 is 1.74 bits per heavy atom. The van der Waals surface area contributed by atoms with Gasteiger partial charge in [0.25, 0.3) is 0 Å². The summed E-state index contributed by atoms with van der Waals surface area (Å²) in [4.78, 5) is 37.4. The van der Waals surface area contributed by atoms with E-state index in [0.29, 0.717) is 25.8 Å². The maximum Gasteiger partial charge on any atom is 0.308 e. The summed E-state index contributed by atoms with van der Waals surface area (Å²) in [6, 6.07) is -0.317. The van der Waals surface area contributed by atoms with Crippen LogP contribution in [0.15, 0.2) is 0 Å². The average Bonchev–Trinajstić information content (AvgIpc) is 2.67. The lowest BCUT2D eigenvalue weighted by molar-refractivity contribution is -0.144. The molecule has 0 bridgehead atoms. The van der Waals surface area contributed by atoms with Crippen molar-refractivity contribution in [2.75, 3.05) is 13.1 Å². The highest BCUT2D eigenvalue weighted by molar-refractivity contribution is 5.85. The van der Waals surface area contributed by atoms with Gasteiger partial charge in [0.05, 0.1) is 12.5 Å². The Morgan fingerprint density at radius 3 is 2.48 bits per heavy atom. The van der Waals surface area contributed by atoms with Crippen molar-refractivity contribution in [3.05, 3.63) is 0 Å². The Morgan fingerprint density at radius 1 is 1.04 bits per heavy atom. The minimum absolute atomic E-state index is 0.0325. The van der Waals surface area contributed by atoms with Gasteiger partial charge in [-0.25, -0.2) is 0 Å². The molecule has 1 aliphatic heterocycles. The molecule has 2 atom stereocenters. The first kappa shape index (κ1) is 17.8. The number of hydrogen-bond acceptors (Lipinski definition) is 3. The lowest BCUT2D eigenvalue weighted by atomic mass is 9.87. The normalized spacial score (nSPS) is 26.8. The van der Waals surface area contributed by atoms with Crippen molar-refractivity contribution in [3.63, 3.8) is 0 Å². The van der Waals surface area contributed by atoms with E-state index in [1.165, 1.54) is 0 Å². The van der Waals surface area contributed by atoms with Gasteiger partial charge in [0.1, 0.15) is 0 Å². The van der Waals surface area contributed by atoms with E-state index in [2.05, 4.69) is 5.32 Å². The molecule has 1 heterocycles. The largest absolute Gasteiger partial charge is 0.481 e. The number of nitrogens with one attached hydrogen (secondary N) is 1. The summed E-state index contributed by atoms with van der Waals surface area (Å²) < 4.78 is 0. The van der Waals surface area contributed by atoms with Crippen LogP contribution in [0.3, 0.4) is 0 Å². The van der Waals surface area contributed by atoms with Crippen LogP contribution in [-0.2, 0) is 14.4 Å². The van der Waals surface area contributed by atoms with Gasteiger partial charge in [-0.05, 0) is 25.7 Å². The van der Waals surface area contributed by atoms with Crippen LogP contribution >= 0.6 is 0 Å². The number of carboxylic acid groups (broad SMARTS) is 1. The number of likely N-dealkylation sites (tertiary alicyclic amines) is 1. The van der Waals surface area contributed by atoms with Gasteiger partial charge in [-0.1, -0.05) is 32.1 Å². The Labute approximate surface area is 137 Å². The second kappa shape index (κ2) is 8.89. The van der Waals surface area contributed by atoms with Crippen molar-refractivity contribution < 1.29 is 19.5 Å². The molecule has 2 amide bonds. The Kier molecular flexibility index (Phi) is 6.86. The third-order valence-corrected chi connectivity index (χ3v) is 4.94. The van der Waals surface area contributed by atoms with Gasteiger partial charge in [-0.3, -0.25) is 14.4 Å². The molecule has 130 valence electrons. The van der Waals surface area contributed by atoms with E-state index >= 15 is 0 Å². The standard InChI is InChI=1S/C17H28N2O4/c20-15(12-19-11-7-3-6-10-16(19)21)18-14-9-5-2-1-4-8-13(14)17(22)23/h13-14H,1-12H2,(H,18,20)(H,22,23). The number of nitrogens with zero attached hydrogens (tertiary/aromatic N) is 1. The van der Waals surface area contributed by atoms with E-state index in [1.807, 2.05) is 0 Å². The molecule has 2 N–H and O–H groups in total. The number of carbonyl (C=O) groups excluding carboxylic acids is 2. The zero-order valence-electron chi connectivity index (χ0n) is 13.8. The zero-order chi connectivity index (χ0) is 16.7. The van der Waals surface area contributed by atoms with E-state index in [9.17, 15) is 19.5 Å². The lowest BCUT2D eigenvalue weighted by Crippen LogP contribution is -2.48. The average molecular weight is 324 g/mol. The molecule has 23 heavy (non-hydrogen) atoms. The smallest absolute Gasteiger partial charge is 0.308 e. The van der Waals surface area contributed by atoms with Gasteiger partial charge in [0, 0.05) is 19.0 Å². The second-order valence-corrected chi connectivity index (χ2v) is 6.74. The lowest BCUT2D eigenvalue weighted by Gasteiger charge is -2.28. The van der Waals surface area contributed by atoms with Crippen LogP contribution in [-0.4, -0.2) is 46.9 Å². The van der Waals surface area contributed by atoms with Gasteiger partial charge in [0.2, 0.25) is 11.8 Å². The molecular weight excluding hydrogens is 296 g/mol. The summed E-state index contributed by atoms with van der Waals surface area (Å²) in [5, 5.41) is 12.3. The number of amides is 2. The highest BCUT2D eigenvalue weighted by atomic mass is 16.4. The number of hydrogen-bond donors (Lipinski definition) is 2. The molecule has 1 saturated heterocycles. The molecule has 2 fully saturated rings. The van der Waals surface area contributed by atoms with Crippen molar-refractivity contribution >= 4 is 17.8 Å². The molecule has 0 aromatic carbocycles. The molecule has 0 radical (unpaired) electrons. The van der Waals surface area contributed by atoms with Crippen LogP contribution in [0.25, 0.3) is 0 Å². The quantitative estimate of drug-likeness (QED) is 0.827. The molecule has 2 aliphatic rings. The number of carbonyl (C=O) groups is 3. The van der Waals surface area contributed by atoms with Crippen molar-refractivity contribution in [3.8, 4) is 0 Å². The fraction of sp³-hybridized carbons (Fsp3) is 0.824. The van der Waals surface area contributed by atoms with Crippen LogP contribution in [0.4, 0.5) is 0 Å². The fourth-order valence-electron chi connectivity index (χ4n) is 3.58. The third-order valence-electron chi connectivity index (χ3n) is 4.94. The minimum atomic E-state index is -0.831. The fourth-order valence-corrected chi connectivity index (χ4v) is 3.58. The van der Waals surface area contributed by atoms with Crippen molar-refractivity contribution in [2.24, 2.45) is 5.92 Å². The zero-order valence-corrected chi connectivity index (χ0v) is 13.8. The maximum atomic E-state index is 12.3. The third kappa shape index (κ3) is 5.52. The molecule has 2 rings (SSSR count). The van der Waals surface area contributed by atoms with E-state index in [4.69, 9.17) is 0 Å². The van der Waals surface area contributed by atoms with Gasteiger partial charge in [-0.15, -0.1) is 0 Å². The Bertz CT molecular complexity index is 438. The SMILES string of the molecule is O=C(CN1CCCCCC1=O)NC1CCCCCCC1C(=O)O. The molecule has 6 heteroatoms. The molecule has 6 nitrogen and oxygen atoms in total. The summed E-state index contributed by atoms with van der Waals surface area (Å²) in [6.07, 6.45) is 8.66. The summed E-state index contributed by atoms with van der Waals surface area (Å²) in [6.45, 7) is 0.681. The van der Waals surface area contributed by atoms with Gasteiger partial charge in [-0.2, -0.15) is 0 Å². The predicted molar refractivity (Wildman–Crippen MR) is 85.8 cm³/mol. The number of aliphatic carboxylic acids is 1. The van der Waals surface area contributed by atoms with Crippen molar-refractivity contribution in [2.45, 2.75) is 70.3 Å². The topological polar surface area (TPSA) is 86.7 Å². The van der Waals surface area contributed by atoms with Crippen molar-refractivity contribution in [1.82, 2.24) is 10.2 Å². The molecule has 1 aliphatic carbocycles. The maximum absolute atomic E-state index is 12.3.